The van der Waals surface area contributed by atoms with E-state index in [2.05, 4.69) is 11.9 Å². The van der Waals surface area contributed by atoms with Gasteiger partial charge in [0.1, 0.15) is 0 Å². The predicted molar refractivity (Wildman–Crippen MR) is 70.8 cm³/mol. The number of hydrogen-bond acceptors (Lipinski definition) is 3. The lowest BCUT2D eigenvalue weighted by atomic mass is 10.1. The summed E-state index contributed by atoms with van der Waals surface area (Å²) < 4.78 is 0. The van der Waals surface area contributed by atoms with Crippen LogP contribution in [0.25, 0.3) is 0 Å². The van der Waals surface area contributed by atoms with Crippen molar-refractivity contribution in [3.05, 3.63) is 12.7 Å². The molecule has 0 spiro atoms. The Labute approximate surface area is 103 Å². The molecule has 0 aliphatic carbocycles. The average Bonchev–Trinajstić information content (AvgIpc) is 2.34. The fourth-order valence-corrected chi connectivity index (χ4v) is 2.38. The van der Waals surface area contributed by atoms with Crippen molar-refractivity contribution in [2.75, 3.05) is 37.7 Å². The molecular formula is C12H22N2OS. The molecule has 0 aromatic heterocycles. The molecule has 4 heteroatoms. The number of carbonyl (C=O) groups excluding carboxylic acids is 1. The van der Waals surface area contributed by atoms with Crippen LogP contribution in [0.15, 0.2) is 12.7 Å². The van der Waals surface area contributed by atoms with Gasteiger partial charge >= 0.3 is 0 Å². The van der Waals surface area contributed by atoms with Crippen molar-refractivity contribution in [3.8, 4) is 0 Å². The summed E-state index contributed by atoms with van der Waals surface area (Å²) in [5, 5.41) is 3.20. The number of hydrogen-bond donors (Lipinski definition) is 1. The molecule has 16 heavy (non-hydrogen) atoms. The second-order valence-corrected chi connectivity index (χ2v) is 5.13. The molecule has 1 aliphatic heterocycles. The smallest absolute Gasteiger partial charge is 0.236 e. The lowest BCUT2D eigenvalue weighted by Crippen LogP contribution is -2.41. The van der Waals surface area contributed by atoms with Crippen LogP contribution < -0.4 is 5.32 Å². The molecule has 0 aromatic rings. The molecule has 0 atom stereocenters. The summed E-state index contributed by atoms with van der Waals surface area (Å²) in [5.41, 5.74) is 0. The lowest BCUT2D eigenvalue weighted by molar-refractivity contribution is -0.131. The largest absolute Gasteiger partial charge is 0.342 e. The van der Waals surface area contributed by atoms with E-state index in [-0.39, 0.29) is 5.91 Å². The number of piperidine rings is 1. The first-order chi connectivity index (χ1) is 7.84. The quantitative estimate of drug-likeness (QED) is 0.542. The van der Waals surface area contributed by atoms with E-state index in [9.17, 15) is 4.79 Å². The van der Waals surface area contributed by atoms with Crippen molar-refractivity contribution < 1.29 is 4.79 Å². The molecule has 0 saturated carbocycles. The molecule has 0 aromatic carbocycles. The van der Waals surface area contributed by atoms with Crippen molar-refractivity contribution in [1.82, 2.24) is 10.2 Å². The summed E-state index contributed by atoms with van der Waals surface area (Å²) in [6.07, 6.45) is 5.51. The minimum absolute atomic E-state index is 0.258. The van der Waals surface area contributed by atoms with E-state index < -0.39 is 0 Å². The topological polar surface area (TPSA) is 32.3 Å². The number of amides is 1. The van der Waals surface area contributed by atoms with Crippen molar-refractivity contribution in [2.24, 2.45) is 0 Å². The number of rotatable bonds is 7. The zero-order chi connectivity index (χ0) is 11.6. The number of nitrogens with one attached hydrogen (secondary N) is 1. The maximum Gasteiger partial charge on any atom is 0.236 e. The van der Waals surface area contributed by atoms with Crippen molar-refractivity contribution in [2.45, 2.75) is 19.3 Å². The molecule has 1 fully saturated rings. The Bertz CT molecular complexity index is 215. The van der Waals surface area contributed by atoms with Crippen LogP contribution in [0.1, 0.15) is 19.3 Å². The highest BCUT2D eigenvalue weighted by atomic mass is 32.2. The predicted octanol–water partition coefficient (Wildman–Crippen LogP) is 1.51. The summed E-state index contributed by atoms with van der Waals surface area (Å²) in [4.78, 5) is 13.7. The van der Waals surface area contributed by atoms with Gasteiger partial charge in [0.05, 0.1) is 6.54 Å². The summed E-state index contributed by atoms with van der Waals surface area (Å²) in [5.74, 6) is 2.29. The first-order valence-electron chi connectivity index (χ1n) is 6.01. The summed E-state index contributed by atoms with van der Waals surface area (Å²) >= 11 is 1.84. The van der Waals surface area contributed by atoms with Crippen LogP contribution >= 0.6 is 11.8 Å². The number of nitrogens with zero attached hydrogens (tertiary/aromatic N) is 1. The molecular weight excluding hydrogens is 220 g/mol. The van der Waals surface area contributed by atoms with Gasteiger partial charge in [-0.25, -0.2) is 0 Å². The van der Waals surface area contributed by atoms with Crippen LogP contribution in [0.4, 0.5) is 0 Å². The molecule has 1 aliphatic rings. The van der Waals surface area contributed by atoms with Gasteiger partial charge in [-0.05, 0) is 19.3 Å². The Balaban J connectivity index is 1.99. The number of carbonyl (C=O) groups is 1. The van der Waals surface area contributed by atoms with Gasteiger partial charge in [-0.2, -0.15) is 11.8 Å². The normalized spacial score (nSPS) is 16.1. The Morgan fingerprint density at radius 3 is 2.81 bits per heavy atom. The summed E-state index contributed by atoms with van der Waals surface area (Å²) in [6, 6.07) is 0. The molecule has 1 rings (SSSR count). The number of thioether (sulfide) groups is 1. The number of likely N-dealkylation sites (tertiary alicyclic amines) is 1. The third-order valence-electron chi connectivity index (χ3n) is 2.64. The Morgan fingerprint density at radius 2 is 2.12 bits per heavy atom. The molecule has 3 nitrogen and oxygen atoms in total. The molecule has 1 saturated heterocycles. The van der Waals surface area contributed by atoms with Gasteiger partial charge in [0, 0.05) is 31.1 Å². The van der Waals surface area contributed by atoms with Crippen LogP contribution in [0.5, 0.6) is 0 Å². The molecule has 0 unspecified atom stereocenters. The first-order valence-corrected chi connectivity index (χ1v) is 7.17. The van der Waals surface area contributed by atoms with Gasteiger partial charge in [-0.3, -0.25) is 4.79 Å². The molecule has 1 N–H and O–H groups in total. The fourth-order valence-electron chi connectivity index (χ4n) is 1.76. The second kappa shape index (κ2) is 8.65. The zero-order valence-electron chi connectivity index (χ0n) is 9.91. The van der Waals surface area contributed by atoms with Crippen LogP contribution in [0.3, 0.4) is 0 Å². The van der Waals surface area contributed by atoms with Crippen molar-refractivity contribution in [3.63, 3.8) is 0 Å². The summed E-state index contributed by atoms with van der Waals surface area (Å²) in [6.45, 7) is 6.96. The van der Waals surface area contributed by atoms with Crippen molar-refractivity contribution in [1.29, 1.82) is 0 Å². The van der Waals surface area contributed by atoms with Crippen LogP contribution in [-0.2, 0) is 4.79 Å². The fraction of sp³-hybridized carbons (Fsp3) is 0.750. The second-order valence-electron chi connectivity index (χ2n) is 3.98. The van der Waals surface area contributed by atoms with E-state index >= 15 is 0 Å². The molecule has 0 bridgehead atoms. The van der Waals surface area contributed by atoms with E-state index in [0.717, 1.165) is 31.1 Å². The zero-order valence-corrected chi connectivity index (χ0v) is 10.7. The molecule has 92 valence electrons. The standard InChI is InChI=1S/C12H22N2OS/c1-2-9-16-10-6-13-11-12(15)14-7-4-3-5-8-14/h2,13H,1,3-11H2. The Kier molecular flexibility index (Phi) is 7.34. The van der Waals surface area contributed by atoms with Gasteiger partial charge in [0.2, 0.25) is 5.91 Å². The van der Waals surface area contributed by atoms with Gasteiger partial charge in [-0.1, -0.05) is 6.08 Å². The third kappa shape index (κ3) is 5.56. The Hall–Kier alpha value is -0.480. The van der Waals surface area contributed by atoms with Gasteiger partial charge in [0.25, 0.3) is 0 Å². The molecule has 0 radical (unpaired) electrons. The van der Waals surface area contributed by atoms with E-state index in [1.54, 1.807) is 0 Å². The van der Waals surface area contributed by atoms with E-state index in [4.69, 9.17) is 0 Å². The van der Waals surface area contributed by atoms with Gasteiger partial charge in [-0.15, -0.1) is 6.58 Å². The van der Waals surface area contributed by atoms with Crippen LogP contribution in [0, 0.1) is 0 Å². The van der Waals surface area contributed by atoms with E-state index in [1.807, 2.05) is 22.7 Å². The monoisotopic (exact) mass is 242 g/mol. The highest BCUT2D eigenvalue weighted by Gasteiger charge is 2.15. The lowest BCUT2D eigenvalue weighted by Gasteiger charge is -2.26. The van der Waals surface area contributed by atoms with Crippen LogP contribution in [0.2, 0.25) is 0 Å². The Morgan fingerprint density at radius 1 is 1.38 bits per heavy atom. The molecule has 1 heterocycles. The van der Waals surface area contributed by atoms with Crippen molar-refractivity contribution >= 4 is 17.7 Å². The highest BCUT2D eigenvalue weighted by molar-refractivity contribution is 7.99. The maximum absolute atomic E-state index is 11.7. The maximum atomic E-state index is 11.7. The van der Waals surface area contributed by atoms with E-state index in [1.165, 1.54) is 19.3 Å². The minimum atomic E-state index is 0.258. The summed E-state index contributed by atoms with van der Waals surface area (Å²) in [7, 11) is 0. The van der Waals surface area contributed by atoms with Gasteiger partial charge < -0.3 is 10.2 Å². The highest BCUT2D eigenvalue weighted by Crippen LogP contribution is 2.08. The SMILES string of the molecule is C=CCSCCNCC(=O)N1CCCCC1. The van der Waals surface area contributed by atoms with Crippen LogP contribution in [-0.4, -0.2) is 48.5 Å². The molecule has 1 amide bonds. The van der Waals surface area contributed by atoms with Gasteiger partial charge in [0.15, 0.2) is 0 Å². The minimum Gasteiger partial charge on any atom is -0.342 e. The van der Waals surface area contributed by atoms with E-state index in [0.29, 0.717) is 6.54 Å². The first kappa shape index (κ1) is 13.6. The third-order valence-corrected chi connectivity index (χ3v) is 3.61. The average molecular weight is 242 g/mol.